The second-order valence-electron chi connectivity index (χ2n) is 3.43. The summed E-state index contributed by atoms with van der Waals surface area (Å²) in [6.07, 6.45) is 5.37. The summed E-state index contributed by atoms with van der Waals surface area (Å²) in [6, 6.07) is 8.18. The molecule has 0 spiro atoms. The van der Waals surface area contributed by atoms with Gasteiger partial charge < -0.3 is 10.2 Å². The van der Waals surface area contributed by atoms with Crippen LogP contribution in [0.5, 0.6) is 0 Å². The number of nitrogens with zero attached hydrogens (tertiary/aromatic N) is 1. The Morgan fingerprint density at radius 1 is 1.29 bits per heavy atom. The van der Waals surface area contributed by atoms with Crippen molar-refractivity contribution in [2.24, 2.45) is 0 Å². The van der Waals surface area contributed by atoms with Gasteiger partial charge in [-0.05, 0) is 18.2 Å². The molecule has 2 heteroatoms. The number of benzene rings is 1. The van der Waals surface area contributed by atoms with E-state index in [9.17, 15) is 0 Å². The van der Waals surface area contributed by atoms with Gasteiger partial charge >= 0.3 is 0 Å². The summed E-state index contributed by atoms with van der Waals surface area (Å²) >= 11 is 0. The van der Waals surface area contributed by atoms with Crippen LogP contribution in [0, 0.1) is 12.3 Å². The molecule has 2 rings (SSSR count). The number of hydrogen-bond acceptors (Lipinski definition) is 2. The largest absolute Gasteiger partial charge is 0.369 e. The molecule has 1 saturated heterocycles. The lowest BCUT2D eigenvalue weighted by molar-refractivity contribution is 0.589. The Balaban J connectivity index is 2.18. The van der Waals surface area contributed by atoms with Gasteiger partial charge in [-0.25, -0.2) is 0 Å². The molecule has 1 fully saturated rings. The summed E-state index contributed by atoms with van der Waals surface area (Å²) in [5, 5.41) is 3.33. The van der Waals surface area contributed by atoms with Crippen LogP contribution in [0.4, 0.5) is 5.69 Å². The second-order valence-corrected chi connectivity index (χ2v) is 3.43. The van der Waals surface area contributed by atoms with Crippen molar-refractivity contribution < 1.29 is 0 Å². The number of piperazine rings is 1. The fraction of sp³-hybridized carbons (Fsp3) is 0.333. The Morgan fingerprint density at radius 2 is 2.07 bits per heavy atom. The SMILES string of the molecule is C#Cc1cccc(N2CCNCC2)c1. The molecule has 1 aromatic carbocycles. The number of hydrogen-bond donors (Lipinski definition) is 1. The highest BCUT2D eigenvalue weighted by Gasteiger charge is 2.09. The Hall–Kier alpha value is -1.46. The van der Waals surface area contributed by atoms with E-state index in [1.807, 2.05) is 12.1 Å². The number of nitrogens with one attached hydrogen (secondary N) is 1. The van der Waals surface area contributed by atoms with Crippen LogP contribution >= 0.6 is 0 Å². The molecule has 0 atom stereocenters. The number of rotatable bonds is 1. The average Bonchev–Trinajstić information content (AvgIpc) is 2.30. The minimum absolute atomic E-state index is 0.959. The van der Waals surface area contributed by atoms with Gasteiger partial charge in [0.1, 0.15) is 0 Å². The third-order valence-corrected chi connectivity index (χ3v) is 2.49. The molecule has 0 amide bonds. The molecule has 1 N–H and O–H groups in total. The zero-order chi connectivity index (χ0) is 9.80. The number of terminal acetylenes is 1. The van der Waals surface area contributed by atoms with Gasteiger partial charge in [-0.2, -0.15) is 0 Å². The minimum Gasteiger partial charge on any atom is -0.369 e. The van der Waals surface area contributed by atoms with E-state index in [2.05, 4.69) is 28.3 Å². The van der Waals surface area contributed by atoms with Gasteiger partial charge in [-0.15, -0.1) is 6.42 Å². The van der Waals surface area contributed by atoms with Crippen molar-refractivity contribution in [1.82, 2.24) is 5.32 Å². The lowest BCUT2D eigenvalue weighted by Crippen LogP contribution is -2.43. The maximum absolute atomic E-state index is 5.37. The molecule has 0 saturated carbocycles. The molecule has 0 bridgehead atoms. The Labute approximate surface area is 84.9 Å². The Morgan fingerprint density at radius 3 is 2.79 bits per heavy atom. The van der Waals surface area contributed by atoms with Gasteiger partial charge in [0.25, 0.3) is 0 Å². The molecule has 0 aliphatic carbocycles. The van der Waals surface area contributed by atoms with Crippen molar-refractivity contribution in [2.75, 3.05) is 31.1 Å². The molecule has 14 heavy (non-hydrogen) atoms. The van der Waals surface area contributed by atoms with E-state index >= 15 is 0 Å². The smallest absolute Gasteiger partial charge is 0.0379 e. The van der Waals surface area contributed by atoms with E-state index in [1.165, 1.54) is 5.69 Å². The van der Waals surface area contributed by atoms with E-state index in [0.717, 1.165) is 31.7 Å². The van der Waals surface area contributed by atoms with Gasteiger partial charge in [0.15, 0.2) is 0 Å². The highest BCUT2D eigenvalue weighted by Crippen LogP contribution is 2.15. The first-order valence-corrected chi connectivity index (χ1v) is 4.92. The highest BCUT2D eigenvalue weighted by atomic mass is 15.2. The maximum Gasteiger partial charge on any atom is 0.0379 e. The molecule has 1 heterocycles. The minimum atomic E-state index is 0.959. The van der Waals surface area contributed by atoms with Crippen molar-refractivity contribution in [3.05, 3.63) is 29.8 Å². The molecule has 72 valence electrons. The average molecular weight is 186 g/mol. The van der Waals surface area contributed by atoms with Gasteiger partial charge in [0.05, 0.1) is 0 Å². The van der Waals surface area contributed by atoms with Crippen molar-refractivity contribution in [3.63, 3.8) is 0 Å². The van der Waals surface area contributed by atoms with Crippen LogP contribution in [0.2, 0.25) is 0 Å². The predicted octanol–water partition coefficient (Wildman–Crippen LogP) is 1.08. The van der Waals surface area contributed by atoms with Crippen molar-refractivity contribution in [1.29, 1.82) is 0 Å². The molecule has 0 radical (unpaired) electrons. The quantitative estimate of drug-likeness (QED) is 0.660. The summed E-state index contributed by atoms with van der Waals surface area (Å²) in [5.74, 6) is 2.66. The van der Waals surface area contributed by atoms with E-state index in [-0.39, 0.29) is 0 Å². The zero-order valence-corrected chi connectivity index (χ0v) is 8.16. The first-order valence-electron chi connectivity index (χ1n) is 4.92. The molecule has 1 aliphatic heterocycles. The molecule has 1 aromatic rings. The predicted molar refractivity (Wildman–Crippen MR) is 59.5 cm³/mol. The van der Waals surface area contributed by atoms with E-state index < -0.39 is 0 Å². The van der Waals surface area contributed by atoms with Gasteiger partial charge in [-0.3, -0.25) is 0 Å². The van der Waals surface area contributed by atoms with Crippen molar-refractivity contribution >= 4 is 5.69 Å². The Kier molecular flexibility index (Phi) is 2.71. The van der Waals surface area contributed by atoms with Crippen molar-refractivity contribution in [3.8, 4) is 12.3 Å². The lowest BCUT2D eigenvalue weighted by Gasteiger charge is -2.29. The van der Waals surface area contributed by atoms with Crippen LogP contribution in [-0.4, -0.2) is 26.2 Å². The maximum atomic E-state index is 5.37. The van der Waals surface area contributed by atoms with Crippen LogP contribution in [0.25, 0.3) is 0 Å². The first-order chi connectivity index (χ1) is 6.90. The van der Waals surface area contributed by atoms with E-state index in [1.54, 1.807) is 0 Å². The fourth-order valence-electron chi connectivity index (χ4n) is 1.72. The van der Waals surface area contributed by atoms with E-state index in [4.69, 9.17) is 6.42 Å². The summed E-state index contributed by atoms with van der Waals surface area (Å²) in [5.41, 5.74) is 2.20. The summed E-state index contributed by atoms with van der Waals surface area (Å²) in [7, 11) is 0. The van der Waals surface area contributed by atoms with Crippen LogP contribution in [0.1, 0.15) is 5.56 Å². The topological polar surface area (TPSA) is 15.3 Å². The van der Waals surface area contributed by atoms with Crippen LogP contribution < -0.4 is 10.2 Å². The zero-order valence-electron chi connectivity index (χ0n) is 8.16. The number of anilines is 1. The monoisotopic (exact) mass is 186 g/mol. The summed E-state index contributed by atoms with van der Waals surface area (Å²) in [6.45, 7) is 4.24. The lowest BCUT2D eigenvalue weighted by atomic mass is 10.2. The summed E-state index contributed by atoms with van der Waals surface area (Å²) < 4.78 is 0. The summed E-state index contributed by atoms with van der Waals surface area (Å²) in [4.78, 5) is 2.36. The molecule has 2 nitrogen and oxygen atoms in total. The third kappa shape index (κ3) is 1.89. The van der Waals surface area contributed by atoms with Gasteiger partial charge in [-0.1, -0.05) is 12.0 Å². The normalized spacial score (nSPS) is 16.4. The molecular weight excluding hydrogens is 172 g/mol. The first kappa shape index (κ1) is 9.11. The van der Waals surface area contributed by atoms with E-state index in [0.29, 0.717) is 0 Å². The molecule has 0 aromatic heterocycles. The van der Waals surface area contributed by atoms with Crippen molar-refractivity contribution in [2.45, 2.75) is 0 Å². The third-order valence-electron chi connectivity index (χ3n) is 2.49. The molecule has 1 aliphatic rings. The van der Waals surface area contributed by atoms with Crippen LogP contribution in [0.15, 0.2) is 24.3 Å². The molecular formula is C12H14N2. The highest BCUT2D eigenvalue weighted by molar-refractivity contribution is 5.52. The van der Waals surface area contributed by atoms with Crippen LogP contribution in [0.3, 0.4) is 0 Å². The fourth-order valence-corrected chi connectivity index (χ4v) is 1.72. The van der Waals surface area contributed by atoms with Gasteiger partial charge in [0.2, 0.25) is 0 Å². The van der Waals surface area contributed by atoms with Crippen LogP contribution in [-0.2, 0) is 0 Å². The standard InChI is InChI=1S/C12H14N2/c1-2-11-4-3-5-12(10-11)14-8-6-13-7-9-14/h1,3-5,10,13H,6-9H2. The molecule has 0 unspecified atom stereocenters. The Bertz CT molecular complexity index is 346. The second kappa shape index (κ2) is 4.17. The van der Waals surface area contributed by atoms with Gasteiger partial charge in [0, 0.05) is 37.4 Å².